The molecule has 0 saturated heterocycles. The molecule has 0 radical (unpaired) electrons. The Balaban J connectivity index is 2.09. The molecule has 2 unspecified atom stereocenters. The molecule has 3 heteroatoms. The summed E-state index contributed by atoms with van der Waals surface area (Å²) in [6, 6.07) is 0. The Morgan fingerprint density at radius 2 is 2.50 bits per heavy atom. The summed E-state index contributed by atoms with van der Waals surface area (Å²) >= 11 is 0. The van der Waals surface area contributed by atoms with Crippen molar-refractivity contribution in [2.75, 3.05) is 12.4 Å². The lowest BCUT2D eigenvalue weighted by Gasteiger charge is -2.03. The number of rotatable bonds is 1. The second-order valence-electron chi connectivity index (χ2n) is 3.66. The predicted octanol–water partition coefficient (Wildman–Crippen LogP) is 1.18. The first-order valence-electron chi connectivity index (χ1n) is 4.42. The van der Waals surface area contributed by atoms with E-state index in [1.807, 2.05) is 13.2 Å². The molecule has 2 aliphatic carbocycles. The highest BCUT2D eigenvalue weighted by Gasteiger charge is 2.46. The second-order valence-corrected chi connectivity index (χ2v) is 3.66. The Morgan fingerprint density at radius 3 is 3.33 bits per heavy atom. The molecule has 62 valence electrons. The molecule has 0 aliphatic heterocycles. The van der Waals surface area contributed by atoms with Gasteiger partial charge in [0.15, 0.2) is 0 Å². The Hall–Kier alpha value is -1.12. The van der Waals surface area contributed by atoms with E-state index in [0.29, 0.717) is 0 Å². The second kappa shape index (κ2) is 1.97. The highest BCUT2D eigenvalue weighted by atomic mass is 15.1. The number of fused-ring (bicyclic) bond motifs is 3. The van der Waals surface area contributed by atoms with Crippen molar-refractivity contribution in [3.8, 4) is 0 Å². The van der Waals surface area contributed by atoms with Gasteiger partial charge in [0.1, 0.15) is 0 Å². The molecule has 1 heterocycles. The van der Waals surface area contributed by atoms with Crippen LogP contribution in [0.15, 0.2) is 6.20 Å². The van der Waals surface area contributed by atoms with Crippen molar-refractivity contribution in [3.63, 3.8) is 0 Å². The highest BCUT2D eigenvalue weighted by molar-refractivity contribution is 5.39. The topological polar surface area (TPSA) is 37.8 Å². The fourth-order valence-corrected chi connectivity index (χ4v) is 2.11. The number of hydrogen-bond donors (Lipinski definition) is 1. The molecule has 1 aromatic rings. The molecule has 0 aromatic carbocycles. The minimum Gasteiger partial charge on any atom is -0.357 e. The summed E-state index contributed by atoms with van der Waals surface area (Å²) < 4.78 is 0. The lowest BCUT2D eigenvalue weighted by molar-refractivity contribution is 0.854. The Morgan fingerprint density at radius 1 is 1.58 bits per heavy atom. The van der Waals surface area contributed by atoms with Crippen molar-refractivity contribution in [1.82, 2.24) is 9.97 Å². The van der Waals surface area contributed by atoms with Crippen molar-refractivity contribution in [3.05, 3.63) is 17.5 Å². The summed E-state index contributed by atoms with van der Waals surface area (Å²) in [7, 11) is 1.86. The van der Waals surface area contributed by atoms with Crippen LogP contribution in [0.1, 0.15) is 23.6 Å². The molecule has 0 amide bonds. The van der Waals surface area contributed by atoms with Crippen LogP contribution in [0.3, 0.4) is 0 Å². The maximum absolute atomic E-state index is 4.47. The van der Waals surface area contributed by atoms with Gasteiger partial charge in [-0.2, -0.15) is 0 Å². The minimum absolute atomic E-state index is 0.765. The fourth-order valence-electron chi connectivity index (χ4n) is 2.11. The van der Waals surface area contributed by atoms with Crippen LogP contribution in [0, 0.1) is 5.92 Å². The van der Waals surface area contributed by atoms with Crippen LogP contribution in [-0.4, -0.2) is 17.0 Å². The van der Waals surface area contributed by atoms with E-state index in [4.69, 9.17) is 0 Å². The molecule has 1 aromatic heterocycles. The number of nitrogens with one attached hydrogen (secondary N) is 1. The third kappa shape index (κ3) is 0.709. The van der Waals surface area contributed by atoms with Crippen molar-refractivity contribution in [2.45, 2.75) is 18.8 Å². The molecule has 1 N–H and O–H groups in total. The van der Waals surface area contributed by atoms with Gasteiger partial charge in [0, 0.05) is 19.2 Å². The quantitative estimate of drug-likeness (QED) is 0.672. The monoisotopic (exact) mass is 161 g/mol. The first-order chi connectivity index (χ1) is 5.88. The van der Waals surface area contributed by atoms with Gasteiger partial charge in [0.05, 0.1) is 5.69 Å². The summed E-state index contributed by atoms with van der Waals surface area (Å²) in [4.78, 5) is 8.67. The van der Waals surface area contributed by atoms with E-state index in [-0.39, 0.29) is 0 Å². The van der Waals surface area contributed by atoms with E-state index in [1.54, 1.807) is 0 Å². The summed E-state index contributed by atoms with van der Waals surface area (Å²) in [5, 5.41) is 2.97. The first-order valence-corrected chi connectivity index (χ1v) is 4.42. The lowest BCUT2D eigenvalue weighted by atomic mass is 10.2. The van der Waals surface area contributed by atoms with Gasteiger partial charge in [-0.25, -0.2) is 9.97 Å². The van der Waals surface area contributed by atoms with E-state index in [2.05, 4.69) is 15.3 Å². The van der Waals surface area contributed by atoms with Crippen LogP contribution in [0.5, 0.6) is 0 Å². The SMILES string of the molecule is CNc1ncc2c(n1)C1CC1C2. The van der Waals surface area contributed by atoms with Crippen LogP contribution in [0.25, 0.3) is 0 Å². The average Bonchev–Trinajstić information content (AvgIpc) is 2.79. The van der Waals surface area contributed by atoms with Crippen molar-refractivity contribution in [1.29, 1.82) is 0 Å². The third-order valence-corrected chi connectivity index (χ3v) is 2.88. The summed E-state index contributed by atoms with van der Waals surface area (Å²) in [5.74, 6) is 2.44. The molecule has 0 spiro atoms. The van der Waals surface area contributed by atoms with Gasteiger partial charge >= 0.3 is 0 Å². The van der Waals surface area contributed by atoms with Crippen LogP contribution in [-0.2, 0) is 6.42 Å². The smallest absolute Gasteiger partial charge is 0.222 e. The molecule has 2 aliphatic rings. The summed E-state index contributed by atoms with van der Waals surface area (Å²) in [5.41, 5.74) is 2.68. The van der Waals surface area contributed by atoms with Crippen LogP contribution in [0.4, 0.5) is 5.95 Å². The molecule has 1 saturated carbocycles. The molecule has 12 heavy (non-hydrogen) atoms. The zero-order valence-corrected chi connectivity index (χ0v) is 7.04. The number of aromatic nitrogens is 2. The Bertz CT molecular complexity index is 335. The van der Waals surface area contributed by atoms with Gasteiger partial charge in [-0.05, 0) is 24.3 Å². The van der Waals surface area contributed by atoms with Crippen molar-refractivity contribution < 1.29 is 0 Å². The van der Waals surface area contributed by atoms with Gasteiger partial charge in [-0.1, -0.05) is 0 Å². The van der Waals surface area contributed by atoms with E-state index in [1.165, 1.54) is 24.1 Å². The zero-order chi connectivity index (χ0) is 8.13. The average molecular weight is 161 g/mol. The van der Waals surface area contributed by atoms with E-state index < -0.39 is 0 Å². The maximum Gasteiger partial charge on any atom is 0.222 e. The minimum atomic E-state index is 0.765. The molecular formula is C9H11N3. The van der Waals surface area contributed by atoms with Gasteiger partial charge in [-0.3, -0.25) is 0 Å². The third-order valence-electron chi connectivity index (χ3n) is 2.88. The van der Waals surface area contributed by atoms with Crippen molar-refractivity contribution >= 4 is 5.95 Å². The van der Waals surface area contributed by atoms with E-state index in [0.717, 1.165) is 17.8 Å². The van der Waals surface area contributed by atoms with E-state index in [9.17, 15) is 0 Å². The summed E-state index contributed by atoms with van der Waals surface area (Å²) in [6.45, 7) is 0. The predicted molar refractivity (Wildman–Crippen MR) is 46.1 cm³/mol. The van der Waals surface area contributed by atoms with Gasteiger partial charge < -0.3 is 5.32 Å². The largest absolute Gasteiger partial charge is 0.357 e. The first kappa shape index (κ1) is 6.40. The molecule has 1 fully saturated rings. The van der Waals surface area contributed by atoms with Crippen molar-refractivity contribution in [2.24, 2.45) is 5.92 Å². The highest BCUT2D eigenvalue weighted by Crippen LogP contribution is 2.55. The lowest BCUT2D eigenvalue weighted by Crippen LogP contribution is -2.00. The Labute approximate surface area is 71.2 Å². The molecular weight excluding hydrogens is 150 g/mol. The van der Waals surface area contributed by atoms with Crippen LogP contribution >= 0.6 is 0 Å². The van der Waals surface area contributed by atoms with Gasteiger partial charge in [-0.15, -0.1) is 0 Å². The molecule has 3 nitrogen and oxygen atoms in total. The Kier molecular flexibility index (Phi) is 1.05. The molecule has 0 bridgehead atoms. The molecule has 3 rings (SSSR count). The zero-order valence-electron chi connectivity index (χ0n) is 7.04. The summed E-state index contributed by atoms with van der Waals surface area (Å²) in [6.07, 6.45) is 4.54. The maximum atomic E-state index is 4.47. The van der Waals surface area contributed by atoms with E-state index >= 15 is 0 Å². The normalized spacial score (nSPS) is 29.4. The number of hydrogen-bond acceptors (Lipinski definition) is 3. The number of nitrogens with zero attached hydrogens (tertiary/aromatic N) is 2. The number of anilines is 1. The van der Waals surface area contributed by atoms with Crippen LogP contribution in [0.2, 0.25) is 0 Å². The van der Waals surface area contributed by atoms with Gasteiger partial charge in [0.2, 0.25) is 5.95 Å². The van der Waals surface area contributed by atoms with Gasteiger partial charge in [0.25, 0.3) is 0 Å². The fraction of sp³-hybridized carbons (Fsp3) is 0.556. The van der Waals surface area contributed by atoms with Crippen LogP contribution < -0.4 is 5.32 Å². The standard InChI is InChI=1S/C9H11N3/c1-10-9-11-4-6-2-5-3-7(5)8(6)12-9/h4-5,7H,2-3H2,1H3,(H,10,11,12). The molecule has 2 atom stereocenters.